The van der Waals surface area contributed by atoms with Crippen molar-refractivity contribution in [3.05, 3.63) is 54.0 Å². The van der Waals surface area contributed by atoms with Gasteiger partial charge in [0.2, 0.25) is 5.88 Å². The molecule has 29 heavy (non-hydrogen) atoms. The minimum Gasteiger partial charge on any atom is -0.489 e. The molecule has 0 bridgehead atoms. The van der Waals surface area contributed by atoms with Crippen LogP contribution in [0.4, 0.5) is 15.2 Å². The first-order valence-electron chi connectivity index (χ1n) is 8.58. The van der Waals surface area contributed by atoms with E-state index in [0.29, 0.717) is 41.6 Å². The van der Waals surface area contributed by atoms with Gasteiger partial charge >= 0.3 is 6.09 Å². The highest BCUT2D eigenvalue weighted by molar-refractivity contribution is 5.76. The first-order valence-corrected chi connectivity index (χ1v) is 8.58. The summed E-state index contributed by atoms with van der Waals surface area (Å²) in [5.41, 5.74) is 2.20. The van der Waals surface area contributed by atoms with Crippen LogP contribution in [0.15, 0.2) is 52.8 Å². The van der Waals surface area contributed by atoms with E-state index in [1.165, 1.54) is 0 Å². The van der Waals surface area contributed by atoms with Crippen molar-refractivity contribution in [3.8, 4) is 11.6 Å². The number of anilines is 1. The number of aromatic nitrogens is 2. The summed E-state index contributed by atoms with van der Waals surface area (Å²) in [6, 6.07) is 8.98. The number of benzene rings is 1. The number of hydrogen-bond acceptors (Lipinski definition) is 7. The molecule has 0 aliphatic carbocycles. The molecule has 0 aliphatic rings. The number of carbonyl (C=O) groups is 1. The molecule has 0 unspecified atom stereocenters. The molecule has 3 aromatic rings. The van der Waals surface area contributed by atoms with Crippen LogP contribution >= 0.6 is 0 Å². The number of rotatable bonds is 9. The maximum atomic E-state index is 12.8. The number of hydrogen-bond donors (Lipinski definition) is 3. The van der Waals surface area contributed by atoms with Crippen LogP contribution in [0.25, 0.3) is 11.1 Å². The summed E-state index contributed by atoms with van der Waals surface area (Å²) in [5, 5.41) is 13.7. The van der Waals surface area contributed by atoms with Crippen LogP contribution in [-0.2, 0) is 6.54 Å². The molecule has 3 N–H and O–H groups in total. The van der Waals surface area contributed by atoms with E-state index in [1.54, 1.807) is 37.6 Å². The second-order valence-electron chi connectivity index (χ2n) is 5.93. The summed E-state index contributed by atoms with van der Waals surface area (Å²) in [7, 11) is 1.55. The largest absolute Gasteiger partial charge is 0.489 e. The monoisotopic (exact) mass is 402 g/mol. The van der Waals surface area contributed by atoms with E-state index < -0.39 is 6.09 Å². The van der Waals surface area contributed by atoms with Gasteiger partial charge in [0, 0.05) is 37.0 Å². The van der Waals surface area contributed by atoms with Crippen LogP contribution in [0.5, 0.6) is 11.6 Å². The molecule has 2 heterocycles. The molecular formula is C19H19FN4O5. The molecule has 152 valence electrons. The van der Waals surface area contributed by atoms with E-state index in [4.69, 9.17) is 19.0 Å². The van der Waals surface area contributed by atoms with Gasteiger partial charge in [-0.05, 0) is 17.7 Å². The summed E-state index contributed by atoms with van der Waals surface area (Å²) in [6.07, 6.45) is 0.770. The van der Waals surface area contributed by atoms with E-state index in [2.05, 4.69) is 20.6 Å². The lowest BCUT2D eigenvalue weighted by molar-refractivity contribution is 0.195. The molecule has 0 radical (unpaired) electrons. The Kier molecular flexibility index (Phi) is 6.46. The molecule has 3 rings (SSSR count). The topological polar surface area (TPSA) is 119 Å². The van der Waals surface area contributed by atoms with Gasteiger partial charge in [-0.3, -0.25) is 0 Å². The number of ether oxygens (including phenoxy) is 2. The first-order chi connectivity index (χ1) is 14.1. The van der Waals surface area contributed by atoms with Crippen molar-refractivity contribution >= 4 is 23.2 Å². The number of amides is 1. The number of nitrogens with zero attached hydrogens (tertiary/aromatic N) is 2. The molecular weight excluding hydrogens is 383 g/mol. The van der Waals surface area contributed by atoms with Crippen molar-refractivity contribution in [2.24, 2.45) is 0 Å². The smallest absolute Gasteiger partial charge is 0.404 e. The Morgan fingerprint density at radius 1 is 1.34 bits per heavy atom. The summed E-state index contributed by atoms with van der Waals surface area (Å²) in [5.74, 6) is 0.974. The van der Waals surface area contributed by atoms with Crippen LogP contribution < -0.4 is 20.1 Å². The van der Waals surface area contributed by atoms with E-state index in [-0.39, 0.29) is 18.7 Å². The average molecular weight is 402 g/mol. The predicted molar refractivity (Wildman–Crippen MR) is 103 cm³/mol. The fraction of sp³-hybridized carbons (Fsp3) is 0.211. The first kappa shape index (κ1) is 19.9. The van der Waals surface area contributed by atoms with E-state index in [0.717, 1.165) is 5.56 Å². The lowest BCUT2D eigenvalue weighted by Gasteiger charge is -2.08. The second kappa shape index (κ2) is 9.40. The zero-order valence-corrected chi connectivity index (χ0v) is 15.5. The Morgan fingerprint density at radius 3 is 2.90 bits per heavy atom. The SMILES string of the molecule is COc1ccc(CNc2nc3ccc(OC/C(=C\F)CNC(=O)O)cc3o2)cn1. The number of carboxylic acid groups (broad SMARTS) is 1. The fourth-order valence-corrected chi connectivity index (χ4v) is 2.37. The molecule has 0 atom stereocenters. The van der Waals surface area contributed by atoms with Crippen LogP contribution in [0, 0.1) is 0 Å². The third-order valence-corrected chi connectivity index (χ3v) is 3.86. The van der Waals surface area contributed by atoms with Crippen LogP contribution in [0.3, 0.4) is 0 Å². The van der Waals surface area contributed by atoms with Crippen molar-refractivity contribution in [1.29, 1.82) is 0 Å². The molecule has 1 aromatic carbocycles. The van der Waals surface area contributed by atoms with Gasteiger partial charge in [0.05, 0.1) is 13.4 Å². The molecule has 1 amide bonds. The molecule has 0 saturated heterocycles. The number of oxazole rings is 1. The normalized spacial score (nSPS) is 11.3. The van der Waals surface area contributed by atoms with Gasteiger partial charge in [0.15, 0.2) is 5.58 Å². The third-order valence-electron chi connectivity index (χ3n) is 3.86. The lowest BCUT2D eigenvalue weighted by Crippen LogP contribution is -2.25. The van der Waals surface area contributed by atoms with Crippen molar-refractivity contribution < 1.29 is 28.2 Å². The van der Waals surface area contributed by atoms with Crippen LogP contribution in [-0.4, -0.2) is 41.4 Å². The van der Waals surface area contributed by atoms with Crippen molar-refractivity contribution in [2.45, 2.75) is 6.54 Å². The molecule has 0 fully saturated rings. The minimum absolute atomic E-state index is 0.105. The second-order valence-corrected chi connectivity index (χ2v) is 5.93. The summed E-state index contributed by atoms with van der Waals surface area (Å²) < 4.78 is 29.0. The standard InChI is InChI=1S/C19H19FN4O5/c1-27-17-5-2-12(8-21-17)9-22-18-24-15-4-3-14(6-16(15)29-18)28-11-13(7-20)10-23-19(25)26/h2-8,23H,9-11H2,1H3,(H,22,24)(H,25,26)/b13-7-. The van der Waals surface area contributed by atoms with E-state index in [1.807, 2.05) is 6.07 Å². The van der Waals surface area contributed by atoms with Crippen molar-refractivity contribution in [2.75, 3.05) is 25.6 Å². The third kappa shape index (κ3) is 5.58. The molecule has 10 heteroatoms. The predicted octanol–water partition coefficient (Wildman–Crippen LogP) is 3.34. The Morgan fingerprint density at radius 2 is 2.21 bits per heavy atom. The van der Waals surface area contributed by atoms with Crippen LogP contribution in [0.1, 0.15) is 5.56 Å². The zero-order valence-electron chi connectivity index (χ0n) is 15.5. The summed E-state index contributed by atoms with van der Waals surface area (Å²) >= 11 is 0. The maximum absolute atomic E-state index is 12.8. The average Bonchev–Trinajstić information content (AvgIpc) is 3.14. The number of halogens is 1. The quantitative estimate of drug-likeness (QED) is 0.499. The van der Waals surface area contributed by atoms with Gasteiger partial charge in [-0.1, -0.05) is 6.07 Å². The van der Waals surface area contributed by atoms with Gasteiger partial charge in [0.1, 0.15) is 17.9 Å². The molecule has 0 saturated carbocycles. The van der Waals surface area contributed by atoms with Gasteiger partial charge in [0.25, 0.3) is 6.01 Å². The summed E-state index contributed by atoms with van der Waals surface area (Å²) in [4.78, 5) is 18.9. The van der Waals surface area contributed by atoms with Gasteiger partial charge in [-0.25, -0.2) is 14.2 Å². The lowest BCUT2D eigenvalue weighted by atomic mass is 10.3. The Hall–Kier alpha value is -3.82. The highest BCUT2D eigenvalue weighted by atomic mass is 19.1. The maximum Gasteiger partial charge on any atom is 0.404 e. The highest BCUT2D eigenvalue weighted by Crippen LogP contribution is 2.24. The number of pyridine rings is 1. The van der Waals surface area contributed by atoms with Crippen molar-refractivity contribution in [3.63, 3.8) is 0 Å². The molecule has 0 spiro atoms. The Labute approximate surface area is 165 Å². The minimum atomic E-state index is -1.24. The molecule has 0 aliphatic heterocycles. The van der Waals surface area contributed by atoms with Crippen molar-refractivity contribution in [1.82, 2.24) is 15.3 Å². The van der Waals surface area contributed by atoms with E-state index >= 15 is 0 Å². The van der Waals surface area contributed by atoms with Gasteiger partial charge < -0.3 is 29.6 Å². The Bertz CT molecular complexity index is 1000. The number of methoxy groups -OCH3 is 1. The van der Waals surface area contributed by atoms with E-state index in [9.17, 15) is 9.18 Å². The van der Waals surface area contributed by atoms with Gasteiger partial charge in [-0.15, -0.1) is 0 Å². The van der Waals surface area contributed by atoms with Gasteiger partial charge in [-0.2, -0.15) is 4.98 Å². The molecule has 2 aromatic heterocycles. The number of nitrogens with one attached hydrogen (secondary N) is 2. The highest BCUT2D eigenvalue weighted by Gasteiger charge is 2.08. The van der Waals surface area contributed by atoms with Crippen LogP contribution in [0.2, 0.25) is 0 Å². The Balaban J connectivity index is 1.59. The summed E-state index contributed by atoms with van der Waals surface area (Å²) in [6.45, 7) is 0.199. The zero-order chi connectivity index (χ0) is 20.6. The fourth-order valence-electron chi connectivity index (χ4n) is 2.37. The molecule has 9 nitrogen and oxygen atoms in total. The number of fused-ring (bicyclic) bond motifs is 1.